The number of anilines is 1. The third kappa shape index (κ3) is 3.90. The summed E-state index contributed by atoms with van der Waals surface area (Å²) < 4.78 is 16.6. The van der Waals surface area contributed by atoms with Crippen LogP contribution >= 0.6 is 12.2 Å². The highest BCUT2D eigenvalue weighted by Gasteiger charge is 2.44. The smallest absolute Gasteiger partial charge is 0.305 e. The van der Waals surface area contributed by atoms with E-state index in [1.54, 1.807) is 0 Å². The van der Waals surface area contributed by atoms with Crippen LogP contribution in [0.2, 0.25) is 0 Å². The van der Waals surface area contributed by atoms with Crippen molar-refractivity contribution in [2.24, 2.45) is 0 Å². The Morgan fingerprint density at radius 2 is 2.04 bits per heavy atom. The van der Waals surface area contributed by atoms with Gasteiger partial charge in [0.05, 0.1) is 7.11 Å². The number of nitrogens with one attached hydrogen (secondary N) is 2. The summed E-state index contributed by atoms with van der Waals surface area (Å²) >= 11 is 5.26. The maximum Gasteiger partial charge on any atom is 0.305 e. The minimum atomic E-state index is -0.451. The lowest BCUT2D eigenvalue weighted by Gasteiger charge is -2.21. The summed E-state index contributed by atoms with van der Waals surface area (Å²) in [5.41, 5.74) is 0.845. The first-order valence-electron chi connectivity index (χ1n) is 8.24. The molecule has 0 amide bonds. The second-order valence-electron chi connectivity index (χ2n) is 6.04. The molecule has 1 saturated carbocycles. The molecule has 7 heteroatoms. The second kappa shape index (κ2) is 7.25. The van der Waals surface area contributed by atoms with Crippen LogP contribution in [0.3, 0.4) is 0 Å². The Bertz CT molecular complexity index is 629. The number of esters is 1. The highest BCUT2D eigenvalue weighted by molar-refractivity contribution is 7.80. The highest BCUT2D eigenvalue weighted by atomic mass is 32.1. The van der Waals surface area contributed by atoms with Crippen LogP contribution in [-0.2, 0) is 9.53 Å². The molecule has 1 aliphatic heterocycles. The van der Waals surface area contributed by atoms with Crippen molar-refractivity contribution in [1.82, 2.24) is 5.32 Å². The Morgan fingerprint density at radius 3 is 2.79 bits per heavy atom. The van der Waals surface area contributed by atoms with Crippen molar-refractivity contribution in [3.8, 4) is 11.5 Å². The van der Waals surface area contributed by atoms with Crippen LogP contribution < -0.4 is 20.1 Å². The van der Waals surface area contributed by atoms with E-state index in [0.717, 1.165) is 42.9 Å². The van der Waals surface area contributed by atoms with Gasteiger partial charge in [0, 0.05) is 37.6 Å². The summed E-state index contributed by atoms with van der Waals surface area (Å²) in [5, 5.41) is 6.70. The number of carbonyl (C=O) groups is 1. The fourth-order valence-corrected chi connectivity index (χ4v) is 3.22. The lowest BCUT2D eigenvalue weighted by atomic mass is 10.2. The normalized spacial score (nSPS) is 16.9. The zero-order valence-electron chi connectivity index (χ0n) is 13.7. The molecule has 130 valence electrons. The van der Waals surface area contributed by atoms with Crippen molar-refractivity contribution >= 4 is 29.0 Å². The molecule has 0 saturated heterocycles. The van der Waals surface area contributed by atoms with Gasteiger partial charge < -0.3 is 24.8 Å². The Kier molecular flexibility index (Phi) is 5.08. The average Bonchev–Trinajstić information content (AvgIpc) is 3.17. The van der Waals surface area contributed by atoms with Crippen LogP contribution in [0.4, 0.5) is 5.69 Å². The molecule has 3 rings (SSSR count). The molecule has 0 atom stereocenters. The Morgan fingerprint density at radius 1 is 1.29 bits per heavy atom. The molecule has 1 aliphatic carbocycles. The van der Waals surface area contributed by atoms with Gasteiger partial charge in [-0.25, -0.2) is 0 Å². The summed E-state index contributed by atoms with van der Waals surface area (Å²) in [6.45, 7) is 0.606. The summed E-state index contributed by atoms with van der Waals surface area (Å²) in [4.78, 5) is 11.0. The van der Waals surface area contributed by atoms with Crippen molar-refractivity contribution in [3.63, 3.8) is 0 Å². The molecule has 0 aromatic heterocycles. The Hall–Kier alpha value is -2.02. The molecule has 0 radical (unpaired) electrons. The molecule has 1 aromatic rings. The van der Waals surface area contributed by atoms with Gasteiger partial charge in [-0.2, -0.15) is 0 Å². The van der Waals surface area contributed by atoms with Crippen LogP contribution in [0.25, 0.3) is 0 Å². The number of carbonyl (C=O) groups excluding carboxylic acids is 1. The third-order valence-electron chi connectivity index (χ3n) is 4.23. The number of ether oxygens (including phenoxy) is 3. The van der Waals surface area contributed by atoms with Crippen molar-refractivity contribution in [3.05, 3.63) is 18.2 Å². The van der Waals surface area contributed by atoms with Crippen LogP contribution in [-0.4, -0.2) is 30.5 Å². The van der Waals surface area contributed by atoms with E-state index in [0.29, 0.717) is 24.5 Å². The zero-order valence-corrected chi connectivity index (χ0v) is 14.5. The molecule has 1 heterocycles. The minimum Gasteiger partial charge on any atom is -0.469 e. The van der Waals surface area contributed by atoms with Crippen LogP contribution in [0.5, 0.6) is 11.5 Å². The summed E-state index contributed by atoms with van der Waals surface area (Å²) in [6.07, 6.45) is 5.18. The van der Waals surface area contributed by atoms with Gasteiger partial charge in [-0.1, -0.05) is 0 Å². The van der Waals surface area contributed by atoms with E-state index in [1.165, 1.54) is 7.11 Å². The first-order valence-corrected chi connectivity index (χ1v) is 8.65. The molecule has 0 unspecified atom stereocenters. The molecule has 6 nitrogen and oxygen atoms in total. The van der Waals surface area contributed by atoms with Crippen LogP contribution in [0.1, 0.15) is 38.5 Å². The van der Waals surface area contributed by atoms with Crippen molar-refractivity contribution in [1.29, 1.82) is 0 Å². The van der Waals surface area contributed by atoms with E-state index in [4.69, 9.17) is 21.7 Å². The van der Waals surface area contributed by atoms with Gasteiger partial charge in [0.25, 0.3) is 5.79 Å². The fourth-order valence-electron chi connectivity index (χ4n) is 3.00. The standard InChI is InChI=1S/C17H22N2O4S/c1-21-15(20)5-4-10-18-16(24)19-12-6-7-13-14(11-12)23-17(22-13)8-2-3-9-17/h6-7,11H,2-5,8-10H2,1H3,(H2,18,19,24). The summed E-state index contributed by atoms with van der Waals surface area (Å²) in [6, 6.07) is 5.73. The molecule has 1 fully saturated rings. The van der Waals surface area contributed by atoms with E-state index in [2.05, 4.69) is 15.4 Å². The van der Waals surface area contributed by atoms with Crippen LogP contribution in [0.15, 0.2) is 18.2 Å². The van der Waals surface area contributed by atoms with Gasteiger partial charge in [0.15, 0.2) is 16.6 Å². The Labute approximate surface area is 146 Å². The van der Waals surface area contributed by atoms with E-state index in [-0.39, 0.29) is 5.97 Å². The maximum absolute atomic E-state index is 11.0. The topological polar surface area (TPSA) is 68.8 Å². The first kappa shape index (κ1) is 16.8. The predicted molar refractivity (Wildman–Crippen MR) is 94.4 cm³/mol. The monoisotopic (exact) mass is 350 g/mol. The van der Waals surface area contributed by atoms with Gasteiger partial charge in [0.1, 0.15) is 0 Å². The zero-order chi connectivity index (χ0) is 17.0. The van der Waals surface area contributed by atoms with Gasteiger partial charge in [-0.3, -0.25) is 4.79 Å². The molecule has 2 aliphatic rings. The molecule has 2 N–H and O–H groups in total. The highest BCUT2D eigenvalue weighted by Crippen LogP contribution is 2.47. The number of benzene rings is 1. The predicted octanol–water partition coefficient (Wildman–Crippen LogP) is 2.97. The maximum atomic E-state index is 11.0. The van der Waals surface area contributed by atoms with Gasteiger partial charge in [-0.15, -0.1) is 0 Å². The van der Waals surface area contributed by atoms with Crippen LogP contribution in [0, 0.1) is 0 Å². The number of thiocarbonyl (C=S) groups is 1. The first-order chi connectivity index (χ1) is 11.6. The number of hydrogen-bond donors (Lipinski definition) is 2. The number of rotatable bonds is 5. The Balaban J connectivity index is 1.48. The lowest BCUT2D eigenvalue weighted by Crippen LogP contribution is -2.34. The molecule has 1 aromatic carbocycles. The number of fused-ring (bicyclic) bond motifs is 1. The summed E-state index contributed by atoms with van der Waals surface area (Å²) in [5.74, 6) is 0.884. The van der Waals surface area contributed by atoms with Crippen molar-refractivity contribution in [2.45, 2.75) is 44.3 Å². The molecule has 1 spiro atoms. The van der Waals surface area contributed by atoms with E-state index in [1.807, 2.05) is 18.2 Å². The molecule has 24 heavy (non-hydrogen) atoms. The minimum absolute atomic E-state index is 0.215. The summed E-state index contributed by atoms with van der Waals surface area (Å²) in [7, 11) is 1.39. The molecule has 0 bridgehead atoms. The average molecular weight is 350 g/mol. The van der Waals surface area contributed by atoms with E-state index >= 15 is 0 Å². The van der Waals surface area contributed by atoms with Gasteiger partial charge in [0.2, 0.25) is 0 Å². The lowest BCUT2D eigenvalue weighted by molar-refractivity contribution is -0.140. The van der Waals surface area contributed by atoms with E-state index < -0.39 is 5.79 Å². The number of methoxy groups -OCH3 is 1. The number of hydrogen-bond acceptors (Lipinski definition) is 5. The van der Waals surface area contributed by atoms with E-state index in [9.17, 15) is 4.79 Å². The largest absolute Gasteiger partial charge is 0.469 e. The molecular formula is C17H22N2O4S. The molecular weight excluding hydrogens is 328 g/mol. The second-order valence-corrected chi connectivity index (χ2v) is 6.45. The van der Waals surface area contributed by atoms with Crippen molar-refractivity contribution < 1.29 is 19.0 Å². The van der Waals surface area contributed by atoms with Gasteiger partial charge >= 0.3 is 5.97 Å². The quantitative estimate of drug-likeness (QED) is 0.481. The third-order valence-corrected chi connectivity index (χ3v) is 4.48. The SMILES string of the molecule is COC(=O)CCCNC(=S)Nc1ccc2c(c1)OC1(CCCC1)O2. The van der Waals surface area contributed by atoms with Crippen molar-refractivity contribution in [2.75, 3.05) is 19.0 Å². The fraction of sp³-hybridized carbons (Fsp3) is 0.529. The van der Waals surface area contributed by atoms with Gasteiger partial charge in [-0.05, 0) is 43.6 Å².